The molecule has 7 nitrogen and oxygen atoms in total. The predicted molar refractivity (Wildman–Crippen MR) is 119 cm³/mol. The lowest BCUT2D eigenvalue weighted by Crippen LogP contribution is -2.32. The highest BCUT2D eigenvalue weighted by Crippen LogP contribution is 2.56. The lowest BCUT2D eigenvalue weighted by Gasteiger charge is -2.19. The Hall–Kier alpha value is -3.48. The minimum atomic E-state index is -0.547. The Morgan fingerprint density at radius 3 is 2.09 bits per heavy atom. The van der Waals surface area contributed by atoms with Crippen LogP contribution in [0.3, 0.4) is 0 Å². The van der Waals surface area contributed by atoms with E-state index in [1.807, 2.05) is 30.3 Å². The standard InChI is InChI=1S/C26H24N2O5/c29-21-13-17(14-27(21)18-4-2-1-3-5-18)26(32)33-20-10-8-19(9-11-20)28-24(30)22-15-6-7-16(12-15)23(22)25(28)31/h1-5,8-11,15-17,22-23H,6-7,12-14H2. The molecule has 2 aromatic rings. The van der Waals surface area contributed by atoms with Gasteiger partial charge in [0.15, 0.2) is 0 Å². The fourth-order valence-corrected chi connectivity index (χ4v) is 6.25. The van der Waals surface area contributed by atoms with E-state index in [4.69, 9.17) is 4.74 Å². The van der Waals surface area contributed by atoms with E-state index in [9.17, 15) is 19.2 Å². The fraction of sp³-hybridized carbons (Fsp3) is 0.385. The van der Waals surface area contributed by atoms with Gasteiger partial charge < -0.3 is 9.64 Å². The van der Waals surface area contributed by atoms with Crippen LogP contribution in [0.5, 0.6) is 5.75 Å². The minimum absolute atomic E-state index is 0.0904. The number of imide groups is 1. The maximum Gasteiger partial charge on any atom is 0.316 e. The van der Waals surface area contributed by atoms with Gasteiger partial charge in [-0.3, -0.25) is 24.1 Å². The van der Waals surface area contributed by atoms with Gasteiger partial charge in [-0.2, -0.15) is 0 Å². The number of hydrogen-bond acceptors (Lipinski definition) is 5. The summed E-state index contributed by atoms with van der Waals surface area (Å²) in [5.41, 5.74) is 1.28. The molecule has 2 aliphatic heterocycles. The van der Waals surface area contributed by atoms with Crippen molar-refractivity contribution in [2.24, 2.45) is 29.6 Å². The summed E-state index contributed by atoms with van der Waals surface area (Å²) in [6.07, 6.45) is 3.19. The van der Waals surface area contributed by atoms with E-state index in [1.54, 1.807) is 29.2 Å². The Morgan fingerprint density at radius 1 is 0.818 bits per heavy atom. The number of carbonyl (C=O) groups excluding carboxylic acids is 4. The maximum absolute atomic E-state index is 13.0. The van der Waals surface area contributed by atoms with Gasteiger partial charge in [0, 0.05) is 18.7 Å². The van der Waals surface area contributed by atoms with Crippen molar-refractivity contribution >= 4 is 35.1 Å². The van der Waals surface area contributed by atoms with Crippen molar-refractivity contribution in [3.63, 3.8) is 0 Å². The zero-order chi connectivity index (χ0) is 22.7. The SMILES string of the molecule is O=C(Oc1ccc(N2C(=O)C3C4CCC(C4)C3C2=O)cc1)C1CC(=O)N(c2ccccc2)C1. The molecule has 6 rings (SSSR count). The van der Waals surface area contributed by atoms with Gasteiger partial charge in [0.25, 0.3) is 0 Å². The summed E-state index contributed by atoms with van der Waals surface area (Å²) in [5, 5.41) is 0. The molecule has 2 saturated heterocycles. The Bertz CT molecular complexity index is 1120. The molecule has 2 aromatic carbocycles. The Balaban J connectivity index is 1.13. The number of fused-ring (bicyclic) bond motifs is 5. The summed E-state index contributed by atoms with van der Waals surface area (Å²) in [4.78, 5) is 53.9. The minimum Gasteiger partial charge on any atom is -0.426 e. The van der Waals surface area contributed by atoms with Crippen molar-refractivity contribution in [1.29, 1.82) is 0 Å². The van der Waals surface area contributed by atoms with E-state index in [2.05, 4.69) is 0 Å². The quantitative estimate of drug-likeness (QED) is 0.411. The predicted octanol–water partition coefficient (Wildman–Crippen LogP) is 3.18. The number of carbonyl (C=O) groups is 4. The number of anilines is 2. The largest absolute Gasteiger partial charge is 0.426 e. The van der Waals surface area contributed by atoms with Crippen LogP contribution in [0.1, 0.15) is 25.7 Å². The zero-order valence-corrected chi connectivity index (χ0v) is 18.1. The first kappa shape index (κ1) is 20.1. The highest BCUT2D eigenvalue weighted by atomic mass is 16.5. The van der Waals surface area contributed by atoms with Crippen molar-refractivity contribution in [2.75, 3.05) is 16.3 Å². The molecule has 5 atom stereocenters. The van der Waals surface area contributed by atoms with Gasteiger partial charge in [-0.15, -0.1) is 0 Å². The molecule has 5 unspecified atom stereocenters. The molecule has 2 bridgehead atoms. The van der Waals surface area contributed by atoms with Crippen LogP contribution in [0, 0.1) is 29.6 Å². The average molecular weight is 444 g/mol. The van der Waals surface area contributed by atoms with Gasteiger partial charge >= 0.3 is 5.97 Å². The highest BCUT2D eigenvalue weighted by molar-refractivity contribution is 6.22. The summed E-state index contributed by atoms with van der Waals surface area (Å²) >= 11 is 0. The molecule has 0 N–H and O–H groups in total. The van der Waals surface area contributed by atoms with Crippen LogP contribution < -0.4 is 14.5 Å². The number of nitrogens with zero attached hydrogens (tertiary/aromatic N) is 2. The molecular formula is C26H24N2O5. The van der Waals surface area contributed by atoms with Gasteiger partial charge in [-0.25, -0.2) is 0 Å². The van der Waals surface area contributed by atoms with Crippen molar-refractivity contribution in [1.82, 2.24) is 0 Å². The lowest BCUT2D eigenvalue weighted by molar-refractivity contribution is -0.139. The van der Waals surface area contributed by atoms with E-state index < -0.39 is 11.9 Å². The first-order valence-electron chi connectivity index (χ1n) is 11.6. The summed E-state index contributed by atoms with van der Waals surface area (Å²) in [6.45, 7) is 0.279. The monoisotopic (exact) mass is 444 g/mol. The summed E-state index contributed by atoms with van der Waals surface area (Å²) < 4.78 is 5.51. The molecule has 33 heavy (non-hydrogen) atoms. The van der Waals surface area contributed by atoms with E-state index in [1.165, 1.54) is 4.90 Å². The van der Waals surface area contributed by atoms with Crippen LogP contribution in [-0.4, -0.2) is 30.2 Å². The van der Waals surface area contributed by atoms with E-state index in [0.29, 0.717) is 23.3 Å². The summed E-state index contributed by atoms with van der Waals surface area (Å²) in [5.74, 6) is -0.625. The van der Waals surface area contributed by atoms with Crippen LogP contribution >= 0.6 is 0 Å². The topological polar surface area (TPSA) is 84.0 Å². The summed E-state index contributed by atoms with van der Waals surface area (Å²) in [7, 11) is 0. The third-order valence-corrected chi connectivity index (χ3v) is 7.77. The molecule has 2 aliphatic carbocycles. The molecule has 0 aromatic heterocycles. The van der Waals surface area contributed by atoms with E-state index in [0.717, 1.165) is 24.9 Å². The molecule has 0 spiro atoms. The molecule has 2 saturated carbocycles. The second-order valence-electron chi connectivity index (χ2n) is 9.55. The first-order chi connectivity index (χ1) is 16.0. The number of amides is 3. The normalized spacial score (nSPS) is 30.3. The van der Waals surface area contributed by atoms with Crippen LogP contribution in [-0.2, 0) is 19.2 Å². The Morgan fingerprint density at radius 2 is 1.45 bits per heavy atom. The Kier molecular flexibility index (Phi) is 4.60. The first-order valence-corrected chi connectivity index (χ1v) is 11.6. The number of ether oxygens (including phenoxy) is 1. The van der Waals surface area contributed by atoms with Crippen LogP contribution in [0.25, 0.3) is 0 Å². The third kappa shape index (κ3) is 3.17. The van der Waals surface area contributed by atoms with Crippen molar-refractivity contribution < 1.29 is 23.9 Å². The van der Waals surface area contributed by atoms with Gasteiger partial charge in [0.2, 0.25) is 17.7 Å². The molecule has 7 heteroatoms. The second kappa shape index (κ2) is 7.54. The van der Waals surface area contributed by atoms with Gasteiger partial charge in [0.05, 0.1) is 23.4 Å². The summed E-state index contributed by atoms with van der Waals surface area (Å²) in [6, 6.07) is 15.8. The molecule has 168 valence electrons. The fourth-order valence-electron chi connectivity index (χ4n) is 6.25. The third-order valence-electron chi connectivity index (χ3n) is 7.77. The number of benzene rings is 2. The smallest absolute Gasteiger partial charge is 0.316 e. The molecule has 2 heterocycles. The van der Waals surface area contributed by atoms with E-state index in [-0.39, 0.29) is 42.5 Å². The van der Waals surface area contributed by atoms with Crippen molar-refractivity contribution in [3.8, 4) is 5.75 Å². The number of para-hydroxylation sites is 1. The van der Waals surface area contributed by atoms with Gasteiger partial charge in [-0.1, -0.05) is 18.2 Å². The zero-order valence-electron chi connectivity index (χ0n) is 18.1. The molecule has 4 fully saturated rings. The van der Waals surface area contributed by atoms with Gasteiger partial charge in [0.1, 0.15) is 5.75 Å². The molecule has 4 aliphatic rings. The highest BCUT2D eigenvalue weighted by Gasteiger charge is 2.61. The molecule has 0 radical (unpaired) electrons. The number of esters is 1. The van der Waals surface area contributed by atoms with Crippen LogP contribution in [0.15, 0.2) is 54.6 Å². The number of hydrogen-bond donors (Lipinski definition) is 0. The van der Waals surface area contributed by atoms with Crippen molar-refractivity contribution in [3.05, 3.63) is 54.6 Å². The number of rotatable bonds is 4. The van der Waals surface area contributed by atoms with Crippen LogP contribution in [0.2, 0.25) is 0 Å². The van der Waals surface area contributed by atoms with Crippen LogP contribution in [0.4, 0.5) is 11.4 Å². The lowest BCUT2D eigenvalue weighted by atomic mass is 9.81. The average Bonchev–Trinajstić information content (AvgIpc) is 3.59. The van der Waals surface area contributed by atoms with E-state index >= 15 is 0 Å². The molecular weight excluding hydrogens is 420 g/mol. The van der Waals surface area contributed by atoms with Gasteiger partial charge in [-0.05, 0) is 67.5 Å². The Labute approximate surface area is 191 Å². The van der Waals surface area contributed by atoms with Crippen molar-refractivity contribution in [2.45, 2.75) is 25.7 Å². The molecule has 3 amide bonds. The second-order valence-corrected chi connectivity index (χ2v) is 9.55. The maximum atomic E-state index is 13.0.